The summed E-state index contributed by atoms with van der Waals surface area (Å²) in [6.45, 7) is 0. The summed E-state index contributed by atoms with van der Waals surface area (Å²) in [5, 5.41) is 9.64. The zero-order valence-corrected chi connectivity index (χ0v) is 13.1. The number of H-pyrrole nitrogens is 1. The summed E-state index contributed by atoms with van der Waals surface area (Å²) in [6.07, 6.45) is 0. The first-order valence-electron chi connectivity index (χ1n) is 6.61. The fourth-order valence-electron chi connectivity index (χ4n) is 2.02. The zero-order valence-electron chi connectivity index (χ0n) is 11.6. The SMILES string of the molecule is O=C(Nc1cccc(Cl)c1F)c1cc(-c2cccc(Cl)c2)n[nH]1. The maximum atomic E-state index is 13.8. The molecular weight excluding hydrogens is 340 g/mol. The van der Waals surface area contributed by atoms with E-state index >= 15 is 0 Å². The maximum absolute atomic E-state index is 13.8. The highest BCUT2D eigenvalue weighted by atomic mass is 35.5. The summed E-state index contributed by atoms with van der Waals surface area (Å²) in [7, 11) is 0. The number of hydrogen-bond donors (Lipinski definition) is 2. The fraction of sp³-hybridized carbons (Fsp3) is 0. The van der Waals surface area contributed by atoms with E-state index in [0.29, 0.717) is 10.7 Å². The summed E-state index contributed by atoms with van der Waals surface area (Å²) >= 11 is 11.6. The number of aromatic amines is 1. The van der Waals surface area contributed by atoms with Gasteiger partial charge in [-0.15, -0.1) is 0 Å². The van der Waals surface area contributed by atoms with Gasteiger partial charge in [-0.3, -0.25) is 9.89 Å². The number of aromatic nitrogens is 2. The van der Waals surface area contributed by atoms with Crippen molar-refractivity contribution >= 4 is 34.8 Å². The Bertz CT molecular complexity index is 879. The van der Waals surface area contributed by atoms with Crippen LogP contribution in [0.4, 0.5) is 10.1 Å². The van der Waals surface area contributed by atoms with Crippen molar-refractivity contribution in [2.75, 3.05) is 5.32 Å². The third kappa shape index (κ3) is 3.36. The van der Waals surface area contributed by atoms with E-state index in [1.54, 1.807) is 30.3 Å². The van der Waals surface area contributed by atoms with Gasteiger partial charge in [0.2, 0.25) is 0 Å². The molecule has 116 valence electrons. The Kier molecular flexibility index (Phi) is 4.32. The molecule has 2 aromatic carbocycles. The van der Waals surface area contributed by atoms with Crippen LogP contribution in [-0.4, -0.2) is 16.1 Å². The van der Waals surface area contributed by atoms with Crippen molar-refractivity contribution < 1.29 is 9.18 Å². The molecular formula is C16H10Cl2FN3O. The molecule has 0 fully saturated rings. The quantitative estimate of drug-likeness (QED) is 0.715. The van der Waals surface area contributed by atoms with Gasteiger partial charge in [0.05, 0.1) is 16.4 Å². The largest absolute Gasteiger partial charge is 0.318 e. The van der Waals surface area contributed by atoms with Gasteiger partial charge in [-0.05, 0) is 30.3 Å². The summed E-state index contributed by atoms with van der Waals surface area (Å²) in [4.78, 5) is 12.2. The molecule has 0 radical (unpaired) electrons. The second-order valence-corrected chi connectivity index (χ2v) is 5.58. The minimum absolute atomic E-state index is 0.00130. The predicted molar refractivity (Wildman–Crippen MR) is 88.4 cm³/mol. The molecule has 0 unspecified atom stereocenters. The number of nitrogens with one attached hydrogen (secondary N) is 2. The van der Waals surface area contributed by atoms with Crippen molar-refractivity contribution in [3.05, 3.63) is 70.1 Å². The molecule has 2 N–H and O–H groups in total. The number of nitrogens with zero attached hydrogens (tertiary/aromatic N) is 1. The minimum atomic E-state index is -0.683. The molecule has 1 heterocycles. The predicted octanol–water partition coefficient (Wildman–Crippen LogP) is 4.77. The van der Waals surface area contributed by atoms with E-state index in [9.17, 15) is 9.18 Å². The maximum Gasteiger partial charge on any atom is 0.273 e. The lowest BCUT2D eigenvalue weighted by atomic mass is 10.1. The molecule has 0 saturated carbocycles. The first-order chi connectivity index (χ1) is 11.0. The number of carbonyl (C=O) groups is 1. The van der Waals surface area contributed by atoms with Crippen LogP contribution in [0.2, 0.25) is 10.0 Å². The number of anilines is 1. The molecule has 3 rings (SSSR count). The third-order valence-corrected chi connectivity index (χ3v) is 3.67. The number of hydrogen-bond acceptors (Lipinski definition) is 2. The number of carbonyl (C=O) groups excluding carboxylic acids is 1. The number of halogens is 3. The van der Waals surface area contributed by atoms with E-state index in [1.165, 1.54) is 12.1 Å². The van der Waals surface area contributed by atoms with Gasteiger partial charge in [0.1, 0.15) is 5.69 Å². The molecule has 0 aliphatic rings. The number of rotatable bonds is 3. The van der Waals surface area contributed by atoms with Gasteiger partial charge in [-0.25, -0.2) is 4.39 Å². The van der Waals surface area contributed by atoms with Gasteiger partial charge in [-0.1, -0.05) is 41.4 Å². The molecule has 3 aromatic rings. The van der Waals surface area contributed by atoms with Crippen molar-refractivity contribution in [3.63, 3.8) is 0 Å². The van der Waals surface area contributed by atoms with E-state index in [-0.39, 0.29) is 16.4 Å². The lowest BCUT2D eigenvalue weighted by Gasteiger charge is -2.05. The second kappa shape index (κ2) is 6.40. The second-order valence-electron chi connectivity index (χ2n) is 4.73. The Morgan fingerprint density at radius 3 is 2.70 bits per heavy atom. The molecule has 23 heavy (non-hydrogen) atoms. The van der Waals surface area contributed by atoms with Crippen LogP contribution < -0.4 is 5.32 Å². The number of amides is 1. The smallest absolute Gasteiger partial charge is 0.273 e. The Balaban J connectivity index is 1.83. The summed E-state index contributed by atoms with van der Waals surface area (Å²) in [6, 6.07) is 13.0. The van der Waals surface area contributed by atoms with E-state index in [0.717, 1.165) is 5.56 Å². The van der Waals surface area contributed by atoms with Crippen molar-refractivity contribution in [1.29, 1.82) is 0 Å². The molecule has 0 bridgehead atoms. The van der Waals surface area contributed by atoms with Crippen LogP contribution in [0.15, 0.2) is 48.5 Å². The first kappa shape index (κ1) is 15.5. The molecule has 0 spiro atoms. The fourth-order valence-corrected chi connectivity index (χ4v) is 2.39. The molecule has 0 saturated heterocycles. The van der Waals surface area contributed by atoms with Crippen LogP contribution in [0.5, 0.6) is 0 Å². The summed E-state index contributed by atoms with van der Waals surface area (Å²) in [5.41, 5.74) is 1.52. The van der Waals surface area contributed by atoms with Crippen LogP contribution >= 0.6 is 23.2 Å². The molecule has 7 heteroatoms. The monoisotopic (exact) mass is 349 g/mol. The van der Waals surface area contributed by atoms with Gasteiger partial charge in [0.25, 0.3) is 5.91 Å². The normalized spacial score (nSPS) is 10.6. The highest BCUT2D eigenvalue weighted by molar-refractivity contribution is 6.31. The van der Waals surface area contributed by atoms with Crippen LogP contribution in [-0.2, 0) is 0 Å². The summed E-state index contributed by atoms with van der Waals surface area (Å²) < 4.78 is 13.8. The van der Waals surface area contributed by atoms with Crippen LogP contribution in [0, 0.1) is 5.82 Å². The molecule has 0 aliphatic heterocycles. The highest BCUT2D eigenvalue weighted by Gasteiger charge is 2.14. The van der Waals surface area contributed by atoms with Crippen molar-refractivity contribution in [1.82, 2.24) is 10.2 Å². The Morgan fingerprint density at radius 1 is 1.13 bits per heavy atom. The first-order valence-corrected chi connectivity index (χ1v) is 7.37. The average molecular weight is 350 g/mol. The molecule has 4 nitrogen and oxygen atoms in total. The average Bonchev–Trinajstić information content (AvgIpc) is 3.02. The Labute approximate surface area is 141 Å². The lowest BCUT2D eigenvalue weighted by molar-refractivity contribution is 0.102. The van der Waals surface area contributed by atoms with E-state index in [4.69, 9.17) is 23.2 Å². The molecule has 0 aliphatic carbocycles. The molecule has 1 aromatic heterocycles. The lowest BCUT2D eigenvalue weighted by Crippen LogP contribution is -2.13. The van der Waals surface area contributed by atoms with Gasteiger partial charge in [0, 0.05) is 10.6 Å². The van der Waals surface area contributed by atoms with Crippen LogP contribution in [0.1, 0.15) is 10.5 Å². The highest BCUT2D eigenvalue weighted by Crippen LogP contribution is 2.24. The van der Waals surface area contributed by atoms with E-state index < -0.39 is 11.7 Å². The molecule has 1 amide bonds. The van der Waals surface area contributed by atoms with E-state index in [2.05, 4.69) is 15.5 Å². The number of benzene rings is 2. The topological polar surface area (TPSA) is 57.8 Å². The van der Waals surface area contributed by atoms with Crippen molar-refractivity contribution in [2.45, 2.75) is 0 Å². The van der Waals surface area contributed by atoms with Crippen molar-refractivity contribution in [2.24, 2.45) is 0 Å². The van der Waals surface area contributed by atoms with E-state index in [1.807, 2.05) is 6.07 Å². The minimum Gasteiger partial charge on any atom is -0.318 e. The van der Waals surface area contributed by atoms with Crippen LogP contribution in [0.3, 0.4) is 0 Å². The van der Waals surface area contributed by atoms with Crippen LogP contribution in [0.25, 0.3) is 11.3 Å². The van der Waals surface area contributed by atoms with Gasteiger partial charge >= 0.3 is 0 Å². The Hall–Kier alpha value is -2.37. The third-order valence-electron chi connectivity index (χ3n) is 3.14. The Morgan fingerprint density at radius 2 is 1.91 bits per heavy atom. The molecule has 0 atom stereocenters. The van der Waals surface area contributed by atoms with Gasteiger partial charge in [0.15, 0.2) is 5.82 Å². The zero-order chi connectivity index (χ0) is 16.4. The van der Waals surface area contributed by atoms with Gasteiger partial charge < -0.3 is 5.32 Å². The van der Waals surface area contributed by atoms with Crippen molar-refractivity contribution in [3.8, 4) is 11.3 Å². The summed E-state index contributed by atoms with van der Waals surface area (Å²) in [5.74, 6) is -1.20. The van der Waals surface area contributed by atoms with Gasteiger partial charge in [-0.2, -0.15) is 5.10 Å². The standard InChI is InChI=1S/C16H10Cl2FN3O/c17-10-4-1-3-9(7-10)13-8-14(22-21-13)16(23)20-12-6-2-5-11(18)15(12)19/h1-8H,(H,20,23)(H,21,22).